The summed E-state index contributed by atoms with van der Waals surface area (Å²) >= 11 is 0. The van der Waals surface area contributed by atoms with Gasteiger partial charge in [0.05, 0.1) is 6.61 Å². The average Bonchev–Trinajstić information content (AvgIpc) is 2.63. The predicted octanol–water partition coefficient (Wildman–Crippen LogP) is 1.48. The molecule has 0 saturated heterocycles. The Morgan fingerprint density at radius 2 is 2.17 bits per heavy atom. The highest BCUT2D eigenvalue weighted by atomic mass is 19.4. The van der Waals surface area contributed by atoms with Gasteiger partial charge in [-0.15, -0.1) is 0 Å². The van der Waals surface area contributed by atoms with Crippen molar-refractivity contribution in [3.63, 3.8) is 0 Å². The number of amides is 1. The van der Waals surface area contributed by atoms with Crippen molar-refractivity contribution in [1.29, 1.82) is 0 Å². The van der Waals surface area contributed by atoms with E-state index < -0.39 is 24.5 Å². The molecule has 18 heavy (non-hydrogen) atoms. The molecule has 0 unspecified atom stereocenters. The van der Waals surface area contributed by atoms with Crippen LogP contribution in [0.2, 0.25) is 0 Å². The highest BCUT2D eigenvalue weighted by Crippen LogP contribution is 2.20. The van der Waals surface area contributed by atoms with Crippen molar-refractivity contribution >= 4 is 17.7 Å². The lowest BCUT2D eigenvalue weighted by Crippen LogP contribution is -2.21. The minimum atomic E-state index is -4.59. The van der Waals surface area contributed by atoms with E-state index in [-0.39, 0.29) is 18.1 Å². The second-order valence-electron chi connectivity index (χ2n) is 3.23. The third kappa shape index (κ3) is 4.44. The zero-order chi connectivity index (χ0) is 13.8. The van der Waals surface area contributed by atoms with Crippen LogP contribution < -0.4 is 5.32 Å². The molecule has 0 fully saturated rings. The first-order valence-corrected chi connectivity index (χ1v) is 4.91. The average molecular weight is 265 g/mol. The molecular weight excluding hydrogens is 255 g/mol. The van der Waals surface area contributed by atoms with E-state index in [9.17, 15) is 22.8 Å². The monoisotopic (exact) mass is 265 g/mol. The van der Waals surface area contributed by atoms with Gasteiger partial charge in [-0.2, -0.15) is 18.3 Å². The summed E-state index contributed by atoms with van der Waals surface area (Å²) < 4.78 is 40.3. The number of esters is 1. The quantitative estimate of drug-likeness (QED) is 0.807. The van der Waals surface area contributed by atoms with E-state index in [1.807, 2.05) is 5.32 Å². The molecule has 0 aliphatic rings. The lowest BCUT2D eigenvalue weighted by Gasteiger charge is -2.04. The van der Waals surface area contributed by atoms with Crippen molar-refractivity contribution in [2.24, 2.45) is 0 Å². The number of nitrogens with zero attached hydrogens (tertiary/aromatic N) is 1. The lowest BCUT2D eigenvalue weighted by atomic mass is 10.4. The normalized spacial score (nSPS) is 11.1. The number of halogens is 3. The van der Waals surface area contributed by atoms with Crippen molar-refractivity contribution in [1.82, 2.24) is 10.2 Å². The van der Waals surface area contributed by atoms with Crippen molar-refractivity contribution in [2.45, 2.75) is 19.5 Å². The van der Waals surface area contributed by atoms with Gasteiger partial charge in [0, 0.05) is 6.07 Å². The van der Waals surface area contributed by atoms with Gasteiger partial charge in [0.1, 0.15) is 12.1 Å². The molecular formula is C9H10F3N3O3. The zero-order valence-electron chi connectivity index (χ0n) is 9.30. The number of rotatable bonds is 4. The van der Waals surface area contributed by atoms with Crippen LogP contribution in [0, 0.1) is 0 Å². The fourth-order valence-corrected chi connectivity index (χ4v) is 1.07. The van der Waals surface area contributed by atoms with E-state index in [1.54, 1.807) is 6.92 Å². The molecule has 1 rings (SSSR count). The third-order valence-electron chi connectivity index (χ3n) is 1.70. The summed E-state index contributed by atoms with van der Waals surface area (Å²) in [6, 6.07) is 1.09. The molecule has 1 amide bonds. The van der Waals surface area contributed by atoms with Crippen molar-refractivity contribution in [2.75, 3.05) is 11.9 Å². The molecule has 2 N–H and O–H groups in total. The Kier molecular flexibility index (Phi) is 4.29. The Labute approximate surface area is 99.5 Å². The van der Waals surface area contributed by atoms with Crippen LogP contribution in [0.15, 0.2) is 6.07 Å². The number of alkyl halides is 3. The smallest absolute Gasteiger partial charge is 0.397 e. The van der Waals surface area contributed by atoms with Crippen LogP contribution in [0.4, 0.5) is 19.0 Å². The Bertz CT molecular complexity index is 442. The largest absolute Gasteiger partial charge is 0.461 e. The highest BCUT2D eigenvalue weighted by Gasteiger charge is 2.31. The van der Waals surface area contributed by atoms with Gasteiger partial charge in [0.25, 0.3) is 0 Å². The van der Waals surface area contributed by atoms with Gasteiger partial charge in [-0.3, -0.25) is 9.89 Å². The van der Waals surface area contributed by atoms with E-state index in [1.165, 1.54) is 0 Å². The first-order valence-electron chi connectivity index (χ1n) is 4.91. The van der Waals surface area contributed by atoms with Gasteiger partial charge in [-0.25, -0.2) is 4.79 Å². The maximum absolute atomic E-state index is 11.9. The fourth-order valence-electron chi connectivity index (χ4n) is 1.07. The number of carbonyl (C=O) groups excluding carboxylic acids is 2. The van der Waals surface area contributed by atoms with E-state index in [0.29, 0.717) is 0 Å². The SMILES string of the molecule is CCOC(=O)c1cc(NC(=O)CC(F)(F)F)n[nH]1. The molecule has 0 spiro atoms. The zero-order valence-corrected chi connectivity index (χ0v) is 9.30. The van der Waals surface area contributed by atoms with E-state index in [4.69, 9.17) is 0 Å². The molecule has 100 valence electrons. The molecule has 0 bridgehead atoms. The van der Waals surface area contributed by atoms with Crippen LogP contribution in [0.5, 0.6) is 0 Å². The summed E-state index contributed by atoms with van der Waals surface area (Å²) in [7, 11) is 0. The number of ether oxygens (including phenoxy) is 1. The first-order chi connectivity index (χ1) is 8.31. The Hall–Kier alpha value is -2.06. The van der Waals surface area contributed by atoms with Gasteiger partial charge in [0.2, 0.25) is 5.91 Å². The van der Waals surface area contributed by atoms with E-state index in [2.05, 4.69) is 14.9 Å². The number of anilines is 1. The Morgan fingerprint density at radius 1 is 1.50 bits per heavy atom. The van der Waals surface area contributed by atoms with Crippen LogP contribution in [0.3, 0.4) is 0 Å². The van der Waals surface area contributed by atoms with E-state index in [0.717, 1.165) is 6.07 Å². The number of carbonyl (C=O) groups is 2. The van der Waals surface area contributed by atoms with Crippen LogP contribution in [-0.4, -0.2) is 34.9 Å². The lowest BCUT2D eigenvalue weighted by molar-refractivity contribution is -0.150. The van der Waals surface area contributed by atoms with Gasteiger partial charge in [0.15, 0.2) is 5.82 Å². The number of aromatic amines is 1. The minimum Gasteiger partial charge on any atom is -0.461 e. The molecule has 0 aliphatic carbocycles. The maximum atomic E-state index is 11.9. The number of H-pyrrole nitrogens is 1. The van der Waals surface area contributed by atoms with Crippen LogP contribution in [0.25, 0.3) is 0 Å². The van der Waals surface area contributed by atoms with E-state index >= 15 is 0 Å². The molecule has 1 heterocycles. The van der Waals surface area contributed by atoms with Crippen molar-refractivity contribution in [3.05, 3.63) is 11.8 Å². The molecule has 1 aromatic heterocycles. The van der Waals surface area contributed by atoms with Gasteiger partial charge in [-0.1, -0.05) is 0 Å². The standard InChI is InChI=1S/C9H10F3N3O3/c1-2-18-8(17)5-3-6(15-14-5)13-7(16)4-9(10,11)12/h3H,2,4H2,1H3,(H2,13,14,15,16). The summed E-state index contributed by atoms with van der Waals surface area (Å²) in [5.41, 5.74) is -0.0563. The van der Waals surface area contributed by atoms with Gasteiger partial charge in [-0.05, 0) is 6.92 Å². The summed E-state index contributed by atoms with van der Waals surface area (Å²) in [5.74, 6) is -2.14. The van der Waals surface area contributed by atoms with Gasteiger partial charge < -0.3 is 10.1 Å². The number of hydrogen-bond acceptors (Lipinski definition) is 4. The van der Waals surface area contributed by atoms with Crippen molar-refractivity contribution in [3.8, 4) is 0 Å². The Balaban J connectivity index is 2.59. The van der Waals surface area contributed by atoms with Gasteiger partial charge >= 0.3 is 12.1 Å². The molecule has 0 radical (unpaired) electrons. The number of nitrogens with one attached hydrogen (secondary N) is 2. The summed E-state index contributed by atoms with van der Waals surface area (Å²) in [6.07, 6.45) is -6.21. The maximum Gasteiger partial charge on any atom is 0.397 e. The predicted molar refractivity (Wildman–Crippen MR) is 53.8 cm³/mol. The Morgan fingerprint density at radius 3 is 2.72 bits per heavy atom. The molecule has 1 aromatic rings. The molecule has 0 aromatic carbocycles. The second kappa shape index (κ2) is 5.52. The topological polar surface area (TPSA) is 84.1 Å². The number of aromatic nitrogens is 2. The fraction of sp³-hybridized carbons (Fsp3) is 0.444. The van der Waals surface area contributed by atoms with Crippen LogP contribution in [-0.2, 0) is 9.53 Å². The summed E-state index contributed by atoms with van der Waals surface area (Å²) in [4.78, 5) is 22.1. The molecule has 0 saturated carbocycles. The number of hydrogen-bond donors (Lipinski definition) is 2. The summed E-state index contributed by atoms with van der Waals surface area (Å²) in [6.45, 7) is 1.74. The molecule has 0 aliphatic heterocycles. The summed E-state index contributed by atoms with van der Waals surface area (Å²) in [5, 5.41) is 7.61. The van der Waals surface area contributed by atoms with Crippen LogP contribution >= 0.6 is 0 Å². The minimum absolute atomic E-state index is 0.0563. The molecule has 6 nitrogen and oxygen atoms in total. The second-order valence-corrected chi connectivity index (χ2v) is 3.23. The molecule has 0 atom stereocenters. The first kappa shape index (κ1) is 14.0. The third-order valence-corrected chi connectivity index (χ3v) is 1.70. The van der Waals surface area contributed by atoms with Crippen molar-refractivity contribution < 1.29 is 27.5 Å². The highest BCUT2D eigenvalue weighted by molar-refractivity contribution is 5.93. The molecule has 9 heteroatoms. The van der Waals surface area contributed by atoms with Crippen LogP contribution in [0.1, 0.15) is 23.8 Å².